The van der Waals surface area contributed by atoms with E-state index in [1.165, 1.54) is 0 Å². The third kappa shape index (κ3) is 3.99. The number of fused-ring (bicyclic) bond motifs is 1. The Balaban J connectivity index is 1.40. The van der Waals surface area contributed by atoms with Crippen LogP contribution in [0, 0.1) is 0 Å². The molecule has 2 aliphatic rings. The Morgan fingerprint density at radius 1 is 1.18 bits per heavy atom. The van der Waals surface area contributed by atoms with Gasteiger partial charge in [0.15, 0.2) is 0 Å². The zero-order valence-corrected chi connectivity index (χ0v) is 15.5. The number of pyridine rings is 1. The lowest BCUT2D eigenvalue weighted by atomic mass is 10.1. The van der Waals surface area contributed by atoms with Gasteiger partial charge < -0.3 is 20.4 Å². The molecule has 0 unspecified atom stereocenters. The van der Waals surface area contributed by atoms with Gasteiger partial charge in [-0.2, -0.15) is 0 Å². The fraction of sp³-hybridized carbons (Fsp3) is 0.381. The summed E-state index contributed by atoms with van der Waals surface area (Å²) in [5.74, 6) is -0.493. The van der Waals surface area contributed by atoms with Crippen LogP contribution in [0.5, 0.6) is 0 Å². The maximum Gasteiger partial charge on any atom is 0.253 e. The summed E-state index contributed by atoms with van der Waals surface area (Å²) in [6.07, 6.45) is 4.07. The zero-order valence-electron chi connectivity index (χ0n) is 15.5. The highest BCUT2D eigenvalue weighted by Crippen LogP contribution is 2.19. The van der Waals surface area contributed by atoms with Gasteiger partial charge in [-0.05, 0) is 61.9 Å². The molecular formula is C21H23N3O4. The standard InChI is InChI=1S/C21H23N3O4/c25-19(22-12-15-10-13-4-2-7-17(13)24-20(15)26)14-5-1-6-16(11-14)23-21(27)18-8-3-9-28-18/h1,5-6,10-11,18H,2-4,7-9,12H2,(H,22,25)(H,23,27)(H,24,26)/t18-/m0/s1. The van der Waals surface area contributed by atoms with Crippen LogP contribution in [0.4, 0.5) is 5.69 Å². The predicted octanol–water partition coefficient (Wildman–Crippen LogP) is 1.91. The first-order valence-electron chi connectivity index (χ1n) is 9.65. The van der Waals surface area contributed by atoms with Gasteiger partial charge in [0.05, 0.1) is 0 Å². The summed E-state index contributed by atoms with van der Waals surface area (Å²) in [4.78, 5) is 39.7. The molecule has 1 atom stereocenters. The van der Waals surface area contributed by atoms with Crippen LogP contribution in [0.3, 0.4) is 0 Å². The summed E-state index contributed by atoms with van der Waals surface area (Å²) < 4.78 is 5.37. The minimum Gasteiger partial charge on any atom is -0.368 e. The summed E-state index contributed by atoms with van der Waals surface area (Å²) in [6.45, 7) is 0.760. The van der Waals surface area contributed by atoms with Gasteiger partial charge in [-0.3, -0.25) is 14.4 Å². The van der Waals surface area contributed by atoms with E-state index >= 15 is 0 Å². The van der Waals surface area contributed by atoms with Crippen molar-refractivity contribution < 1.29 is 14.3 Å². The second-order valence-electron chi connectivity index (χ2n) is 7.24. The van der Waals surface area contributed by atoms with E-state index in [-0.39, 0.29) is 23.9 Å². The van der Waals surface area contributed by atoms with Crippen molar-refractivity contribution in [1.29, 1.82) is 0 Å². The van der Waals surface area contributed by atoms with Crippen molar-refractivity contribution in [2.45, 2.75) is 44.8 Å². The molecule has 2 heterocycles. The number of amides is 2. The molecule has 0 bridgehead atoms. The number of hydrogen-bond acceptors (Lipinski definition) is 4. The average Bonchev–Trinajstić information content (AvgIpc) is 3.37. The van der Waals surface area contributed by atoms with Crippen LogP contribution in [0.2, 0.25) is 0 Å². The number of aromatic nitrogens is 1. The topological polar surface area (TPSA) is 100 Å². The number of rotatable bonds is 5. The predicted molar refractivity (Wildman–Crippen MR) is 104 cm³/mol. The number of ether oxygens (including phenoxy) is 1. The van der Waals surface area contributed by atoms with Crippen molar-refractivity contribution in [3.05, 3.63) is 63.1 Å². The molecule has 1 saturated heterocycles. The highest BCUT2D eigenvalue weighted by Gasteiger charge is 2.23. The lowest BCUT2D eigenvalue weighted by molar-refractivity contribution is -0.124. The molecule has 0 saturated carbocycles. The number of nitrogens with one attached hydrogen (secondary N) is 3. The molecule has 2 aromatic rings. The van der Waals surface area contributed by atoms with Gasteiger partial charge in [-0.15, -0.1) is 0 Å². The van der Waals surface area contributed by atoms with Crippen molar-refractivity contribution >= 4 is 17.5 Å². The summed E-state index contributed by atoms with van der Waals surface area (Å²) in [6, 6.07) is 8.62. The molecule has 1 aliphatic carbocycles. The summed E-state index contributed by atoms with van der Waals surface area (Å²) in [5.41, 5.74) is 3.53. The molecule has 0 radical (unpaired) electrons. The molecule has 7 heteroatoms. The lowest BCUT2D eigenvalue weighted by Gasteiger charge is -2.11. The molecule has 2 amide bonds. The Hall–Kier alpha value is -2.93. The summed E-state index contributed by atoms with van der Waals surface area (Å²) in [7, 11) is 0. The Morgan fingerprint density at radius 3 is 2.89 bits per heavy atom. The van der Waals surface area contributed by atoms with Crippen LogP contribution in [0.1, 0.15) is 46.4 Å². The van der Waals surface area contributed by atoms with Crippen molar-refractivity contribution in [3.63, 3.8) is 0 Å². The van der Waals surface area contributed by atoms with E-state index in [0.717, 1.165) is 36.9 Å². The van der Waals surface area contributed by atoms with E-state index < -0.39 is 6.10 Å². The Labute approximate surface area is 162 Å². The highest BCUT2D eigenvalue weighted by molar-refractivity contribution is 5.98. The molecule has 28 heavy (non-hydrogen) atoms. The van der Waals surface area contributed by atoms with Crippen LogP contribution in [0.15, 0.2) is 35.1 Å². The van der Waals surface area contributed by atoms with E-state index in [2.05, 4.69) is 15.6 Å². The first-order chi connectivity index (χ1) is 13.6. The molecule has 4 rings (SSSR count). The second-order valence-corrected chi connectivity index (χ2v) is 7.24. The van der Waals surface area contributed by atoms with Crippen LogP contribution >= 0.6 is 0 Å². The van der Waals surface area contributed by atoms with E-state index in [9.17, 15) is 14.4 Å². The number of aromatic amines is 1. The largest absolute Gasteiger partial charge is 0.368 e. The maximum atomic E-state index is 12.5. The quantitative estimate of drug-likeness (QED) is 0.737. The normalized spacial score (nSPS) is 17.9. The molecule has 1 aliphatic heterocycles. The SMILES string of the molecule is O=C(NCc1cc2c([nH]c1=O)CCC2)c1cccc(NC(=O)[C@@H]2CCCO2)c1. The first kappa shape index (κ1) is 18.4. The number of H-pyrrole nitrogens is 1. The third-order valence-electron chi connectivity index (χ3n) is 5.22. The lowest BCUT2D eigenvalue weighted by Crippen LogP contribution is -2.28. The smallest absolute Gasteiger partial charge is 0.253 e. The van der Waals surface area contributed by atoms with E-state index in [4.69, 9.17) is 4.74 Å². The van der Waals surface area contributed by atoms with Gasteiger partial charge in [-0.25, -0.2) is 0 Å². The van der Waals surface area contributed by atoms with Gasteiger partial charge in [0.25, 0.3) is 17.4 Å². The van der Waals surface area contributed by atoms with Gasteiger partial charge >= 0.3 is 0 Å². The number of carbonyl (C=O) groups is 2. The van der Waals surface area contributed by atoms with Crippen LogP contribution in [-0.2, 0) is 28.9 Å². The molecule has 1 aromatic carbocycles. The number of hydrogen-bond donors (Lipinski definition) is 3. The highest BCUT2D eigenvalue weighted by atomic mass is 16.5. The number of aryl methyl sites for hydroxylation is 2. The van der Waals surface area contributed by atoms with Crippen molar-refractivity contribution in [2.24, 2.45) is 0 Å². The average molecular weight is 381 g/mol. The molecule has 0 spiro atoms. The Kier molecular flexibility index (Phi) is 5.25. The zero-order chi connectivity index (χ0) is 19.5. The van der Waals surface area contributed by atoms with Gasteiger partial charge in [0.1, 0.15) is 6.10 Å². The van der Waals surface area contributed by atoms with Crippen LogP contribution < -0.4 is 16.2 Å². The molecule has 146 valence electrons. The summed E-state index contributed by atoms with van der Waals surface area (Å²) in [5, 5.41) is 5.58. The number of benzene rings is 1. The third-order valence-corrected chi connectivity index (χ3v) is 5.22. The molecule has 1 aromatic heterocycles. The Morgan fingerprint density at radius 2 is 2.07 bits per heavy atom. The Bertz CT molecular complexity index is 960. The minimum atomic E-state index is -0.427. The second kappa shape index (κ2) is 7.98. The van der Waals surface area contributed by atoms with Crippen molar-refractivity contribution in [3.8, 4) is 0 Å². The minimum absolute atomic E-state index is 0.154. The van der Waals surface area contributed by atoms with Gasteiger partial charge in [0, 0.05) is 35.7 Å². The fourth-order valence-electron chi connectivity index (χ4n) is 3.72. The van der Waals surface area contributed by atoms with Gasteiger partial charge in [-0.1, -0.05) is 6.07 Å². The van der Waals surface area contributed by atoms with E-state index in [1.54, 1.807) is 24.3 Å². The van der Waals surface area contributed by atoms with Crippen molar-refractivity contribution in [1.82, 2.24) is 10.3 Å². The molecule has 1 fully saturated rings. The van der Waals surface area contributed by atoms with E-state index in [1.807, 2.05) is 6.07 Å². The molecular weight excluding hydrogens is 358 g/mol. The molecule has 3 N–H and O–H groups in total. The number of carbonyl (C=O) groups excluding carboxylic acids is 2. The molecule has 7 nitrogen and oxygen atoms in total. The number of anilines is 1. The van der Waals surface area contributed by atoms with E-state index in [0.29, 0.717) is 29.8 Å². The summed E-state index contributed by atoms with van der Waals surface area (Å²) >= 11 is 0. The van der Waals surface area contributed by atoms with Crippen LogP contribution in [0.25, 0.3) is 0 Å². The van der Waals surface area contributed by atoms with Crippen molar-refractivity contribution in [2.75, 3.05) is 11.9 Å². The first-order valence-corrected chi connectivity index (χ1v) is 9.65. The fourth-order valence-corrected chi connectivity index (χ4v) is 3.72. The maximum absolute atomic E-state index is 12.5. The monoisotopic (exact) mass is 381 g/mol. The van der Waals surface area contributed by atoms with Crippen LogP contribution in [-0.4, -0.2) is 29.5 Å². The van der Waals surface area contributed by atoms with Gasteiger partial charge in [0.2, 0.25) is 0 Å².